The van der Waals surface area contributed by atoms with E-state index in [2.05, 4.69) is 15.0 Å². The van der Waals surface area contributed by atoms with Crippen LogP contribution < -0.4 is 24.4 Å². The van der Waals surface area contributed by atoms with Crippen molar-refractivity contribution in [1.29, 1.82) is 0 Å². The SMILES string of the molecule is COc1cc(N2C(=S)N[C@H](c3ccccn3)[C@@H]2c2ccc(-c3ccc([N+](=O)[O-])cc3OC)o2)ccc1NS(C)(=O)=O. The summed E-state index contributed by atoms with van der Waals surface area (Å²) in [6.07, 6.45) is 2.74. The first-order valence-corrected chi connectivity index (χ1v) is 14.5. The number of anilines is 2. The summed E-state index contributed by atoms with van der Waals surface area (Å²) >= 11 is 5.76. The molecule has 1 aliphatic heterocycles. The largest absolute Gasteiger partial charge is 0.496 e. The first-order valence-electron chi connectivity index (χ1n) is 12.2. The molecule has 3 heterocycles. The van der Waals surface area contributed by atoms with E-state index < -0.39 is 27.0 Å². The molecule has 12 nitrogen and oxygen atoms in total. The Morgan fingerprint density at radius 1 is 1.07 bits per heavy atom. The fourth-order valence-electron chi connectivity index (χ4n) is 4.69. The van der Waals surface area contributed by atoms with Crippen molar-refractivity contribution < 1.29 is 27.2 Å². The highest BCUT2D eigenvalue weighted by Gasteiger charge is 2.43. The highest BCUT2D eigenvalue weighted by Crippen LogP contribution is 2.45. The molecule has 41 heavy (non-hydrogen) atoms. The van der Waals surface area contributed by atoms with Gasteiger partial charge in [0.1, 0.15) is 29.1 Å². The lowest BCUT2D eigenvalue weighted by Gasteiger charge is -2.27. The van der Waals surface area contributed by atoms with Crippen LogP contribution in [0.3, 0.4) is 0 Å². The molecule has 2 N–H and O–H groups in total. The number of nitrogens with zero attached hydrogens (tertiary/aromatic N) is 3. The number of methoxy groups -OCH3 is 2. The molecule has 5 rings (SSSR count). The van der Waals surface area contributed by atoms with Crippen molar-refractivity contribution in [2.45, 2.75) is 12.1 Å². The number of hydrogen-bond acceptors (Lipinski definition) is 9. The number of benzene rings is 2. The Balaban J connectivity index is 1.60. The topological polar surface area (TPSA) is 149 Å². The molecule has 0 radical (unpaired) electrons. The molecular weight excluding hydrogens is 570 g/mol. The highest BCUT2D eigenvalue weighted by molar-refractivity contribution is 7.92. The van der Waals surface area contributed by atoms with Gasteiger partial charge in [-0.05, 0) is 54.7 Å². The number of pyridine rings is 1. The van der Waals surface area contributed by atoms with E-state index in [9.17, 15) is 18.5 Å². The van der Waals surface area contributed by atoms with Crippen molar-refractivity contribution in [3.63, 3.8) is 0 Å². The summed E-state index contributed by atoms with van der Waals surface area (Å²) in [5, 5.41) is 15.0. The monoisotopic (exact) mass is 595 g/mol. The zero-order valence-corrected chi connectivity index (χ0v) is 23.7. The third kappa shape index (κ3) is 5.64. The smallest absolute Gasteiger partial charge is 0.273 e. The Hall–Kier alpha value is -4.69. The normalized spacial score (nSPS) is 16.8. The van der Waals surface area contributed by atoms with Crippen LogP contribution in [-0.4, -0.2) is 43.9 Å². The molecule has 1 aliphatic rings. The quantitative estimate of drug-likeness (QED) is 0.156. The number of rotatable bonds is 9. The molecule has 0 saturated carbocycles. The zero-order chi connectivity index (χ0) is 29.3. The van der Waals surface area contributed by atoms with E-state index in [4.69, 9.17) is 26.1 Å². The number of nitro groups is 1. The number of sulfonamides is 1. The Morgan fingerprint density at radius 2 is 1.85 bits per heavy atom. The van der Waals surface area contributed by atoms with Gasteiger partial charge in [-0.2, -0.15) is 0 Å². The van der Waals surface area contributed by atoms with Crippen LogP contribution in [0.5, 0.6) is 11.5 Å². The van der Waals surface area contributed by atoms with Crippen molar-refractivity contribution >= 4 is 44.4 Å². The van der Waals surface area contributed by atoms with Gasteiger partial charge in [0.15, 0.2) is 5.11 Å². The maximum Gasteiger partial charge on any atom is 0.273 e. The van der Waals surface area contributed by atoms with Crippen LogP contribution in [0, 0.1) is 10.1 Å². The minimum atomic E-state index is -3.54. The number of nitrogens with one attached hydrogen (secondary N) is 2. The minimum Gasteiger partial charge on any atom is -0.496 e. The molecule has 0 amide bonds. The van der Waals surface area contributed by atoms with Crippen molar-refractivity contribution in [3.05, 3.63) is 94.5 Å². The van der Waals surface area contributed by atoms with Gasteiger partial charge in [-0.1, -0.05) is 6.07 Å². The predicted octanol–water partition coefficient (Wildman–Crippen LogP) is 4.82. The number of thiocarbonyl (C=S) groups is 1. The Labute approximate surface area is 241 Å². The first-order chi connectivity index (χ1) is 19.6. The lowest BCUT2D eigenvalue weighted by atomic mass is 10.0. The van der Waals surface area contributed by atoms with Crippen molar-refractivity contribution in [2.75, 3.05) is 30.1 Å². The molecule has 2 aromatic heterocycles. The zero-order valence-electron chi connectivity index (χ0n) is 22.1. The first kappa shape index (κ1) is 27.9. The van der Waals surface area contributed by atoms with E-state index in [0.717, 1.165) is 11.9 Å². The lowest BCUT2D eigenvalue weighted by Crippen LogP contribution is -2.29. The number of non-ortho nitro benzene ring substituents is 1. The lowest BCUT2D eigenvalue weighted by molar-refractivity contribution is -0.384. The average Bonchev–Trinajstić information content (AvgIpc) is 3.57. The van der Waals surface area contributed by atoms with Gasteiger partial charge < -0.3 is 24.1 Å². The molecule has 2 aromatic carbocycles. The van der Waals surface area contributed by atoms with Gasteiger partial charge in [0.2, 0.25) is 10.0 Å². The maximum atomic E-state index is 11.8. The van der Waals surface area contributed by atoms with Crippen LogP contribution in [0.25, 0.3) is 11.3 Å². The van der Waals surface area contributed by atoms with Crippen LogP contribution in [0.15, 0.2) is 77.3 Å². The maximum absolute atomic E-state index is 11.8. The third-order valence-corrected chi connectivity index (χ3v) is 7.34. The summed E-state index contributed by atoms with van der Waals surface area (Å²) in [5.41, 5.74) is 2.05. The second-order valence-corrected chi connectivity index (χ2v) is 11.2. The van der Waals surface area contributed by atoms with E-state index in [0.29, 0.717) is 33.6 Å². The van der Waals surface area contributed by atoms with Crippen molar-refractivity contribution in [3.8, 4) is 22.8 Å². The van der Waals surface area contributed by atoms with Gasteiger partial charge in [0.25, 0.3) is 5.69 Å². The molecule has 0 aliphatic carbocycles. The van der Waals surface area contributed by atoms with Gasteiger partial charge >= 0.3 is 0 Å². The summed E-state index contributed by atoms with van der Waals surface area (Å²) in [6, 6.07) is 17.5. The third-order valence-electron chi connectivity index (χ3n) is 6.44. The molecule has 212 valence electrons. The van der Waals surface area contributed by atoms with Crippen LogP contribution in [0.1, 0.15) is 23.5 Å². The summed E-state index contributed by atoms with van der Waals surface area (Å²) in [7, 11) is -0.667. The van der Waals surface area contributed by atoms with Crippen LogP contribution in [0.4, 0.5) is 17.1 Å². The highest BCUT2D eigenvalue weighted by atomic mass is 32.2. The molecule has 0 spiro atoms. The number of nitro benzene ring substituents is 1. The van der Waals surface area contributed by atoms with Crippen molar-refractivity contribution in [2.24, 2.45) is 0 Å². The standard InChI is InChI=1S/C27H25N5O7S2/c1-37-23-15-17(32(33)34)7-9-18(23)21-11-12-22(39-21)26-25(20-6-4-5-13-28-20)29-27(40)31(26)16-8-10-19(24(14-16)38-2)30-41(3,35)36/h4-15,25-26,30H,1-3H3,(H,29,40)/t25-,26+/m1/s1. The van der Waals surface area contributed by atoms with E-state index in [1.54, 1.807) is 42.6 Å². The predicted molar refractivity (Wildman–Crippen MR) is 157 cm³/mol. The van der Waals surface area contributed by atoms with Crippen LogP contribution in [0.2, 0.25) is 0 Å². The van der Waals surface area contributed by atoms with Crippen LogP contribution >= 0.6 is 12.2 Å². The summed E-state index contributed by atoms with van der Waals surface area (Å²) in [5.74, 6) is 1.55. The second-order valence-electron chi connectivity index (χ2n) is 9.10. The van der Waals surface area contributed by atoms with E-state index >= 15 is 0 Å². The average molecular weight is 596 g/mol. The number of aromatic nitrogens is 1. The number of hydrogen-bond donors (Lipinski definition) is 2. The molecule has 0 unspecified atom stereocenters. The van der Waals surface area contributed by atoms with E-state index in [1.807, 2.05) is 23.1 Å². The fraction of sp³-hybridized carbons (Fsp3) is 0.185. The van der Waals surface area contributed by atoms with Gasteiger partial charge in [0.05, 0.1) is 54.5 Å². The summed E-state index contributed by atoms with van der Waals surface area (Å²) in [4.78, 5) is 17.1. The van der Waals surface area contributed by atoms with Crippen molar-refractivity contribution in [1.82, 2.24) is 10.3 Å². The molecule has 14 heteroatoms. The summed E-state index contributed by atoms with van der Waals surface area (Å²) in [6.45, 7) is 0. The van der Waals surface area contributed by atoms with Gasteiger partial charge in [-0.15, -0.1) is 0 Å². The Kier molecular flexibility index (Phi) is 7.51. The Bertz CT molecular complexity index is 1730. The number of ether oxygens (including phenoxy) is 2. The van der Waals surface area contributed by atoms with Crippen LogP contribution in [-0.2, 0) is 10.0 Å². The molecule has 1 fully saturated rings. The minimum absolute atomic E-state index is 0.105. The van der Waals surface area contributed by atoms with E-state index in [1.165, 1.54) is 26.4 Å². The fourth-order valence-corrected chi connectivity index (χ4v) is 5.60. The summed E-state index contributed by atoms with van der Waals surface area (Å²) < 4.78 is 43.4. The van der Waals surface area contributed by atoms with E-state index in [-0.39, 0.29) is 17.1 Å². The molecule has 0 bridgehead atoms. The number of furan rings is 1. The Morgan fingerprint density at radius 3 is 2.51 bits per heavy atom. The molecule has 2 atom stereocenters. The second kappa shape index (κ2) is 11.1. The van der Waals surface area contributed by atoms with Gasteiger partial charge in [-0.25, -0.2) is 8.42 Å². The van der Waals surface area contributed by atoms with Gasteiger partial charge in [0, 0.05) is 24.0 Å². The van der Waals surface area contributed by atoms with Gasteiger partial charge in [-0.3, -0.25) is 19.8 Å². The molecule has 1 saturated heterocycles. The molecule has 4 aromatic rings. The molecular formula is C27H25N5O7S2.